The SMILES string of the molecule is CCO[C@H]1CN(C)C(=O)[C@@H]2C[C@@H](CN2c2ncnc3c2cnn3-c2ccc(F)cc2OC)Oc2nccc(n2)-c2cc(F)cc3nc(C)n(c23)C1. The van der Waals surface area contributed by atoms with Crippen LogP contribution >= 0.6 is 0 Å². The van der Waals surface area contributed by atoms with Gasteiger partial charge >= 0.3 is 6.01 Å². The number of benzene rings is 2. The second-order valence-corrected chi connectivity index (χ2v) is 12.6. The fourth-order valence-corrected chi connectivity index (χ4v) is 7.13. The quantitative estimate of drug-likeness (QED) is 0.257. The second kappa shape index (κ2) is 12.8. The van der Waals surface area contributed by atoms with E-state index in [0.717, 1.165) is 0 Å². The van der Waals surface area contributed by atoms with E-state index < -0.39 is 29.9 Å². The van der Waals surface area contributed by atoms with Crippen LogP contribution < -0.4 is 14.4 Å². The Morgan fingerprint density at radius 1 is 1.02 bits per heavy atom. The van der Waals surface area contributed by atoms with Crippen molar-refractivity contribution < 1.29 is 27.8 Å². The topological polar surface area (TPSA) is 138 Å². The van der Waals surface area contributed by atoms with E-state index >= 15 is 0 Å². The lowest BCUT2D eigenvalue weighted by molar-refractivity contribution is -0.133. The van der Waals surface area contributed by atoms with Gasteiger partial charge in [0.25, 0.3) is 0 Å². The molecule has 6 aromatic rings. The fraction of sp³-hybridized carbons (Fsp3) is 0.343. The molecule has 0 spiro atoms. The van der Waals surface area contributed by atoms with Gasteiger partial charge in [0.1, 0.15) is 53.2 Å². The Bertz CT molecular complexity index is 2290. The maximum atomic E-state index is 15.0. The summed E-state index contributed by atoms with van der Waals surface area (Å²) in [6.45, 7) is 5.07. The molecule has 4 aromatic heterocycles. The number of aryl methyl sites for hydroxylation is 1. The van der Waals surface area contributed by atoms with Crippen molar-refractivity contribution >= 4 is 33.8 Å². The lowest BCUT2D eigenvalue weighted by Crippen LogP contribution is -2.47. The Morgan fingerprint density at radius 2 is 1.88 bits per heavy atom. The summed E-state index contributed by atoms with van der Waals surface area (Å²) in [6, 6.07) is 8.09. The van der Waals surface area contributed by atoms with E-state index in [9.17, 15) is 13.6 Å². The zero-order valence-electron chi connectivity index (χ0n) is 28.3. The van der Waals surface area contributed by atoms with Crippen molar-refractivity contribution in [2.24, 2.45) is 0 Å². The monoisotopic (exact) mass is 696 g/mol. The minimum absolute atomic E-state index is 0.0882. The number of nitrogens with zero attached hydrogens (tertiary/aromatic N) is 10. The number of halogens is 2. The van der Waals surface area contributed by atoms with E-state index in [2.05, 4.69) is 25.0 Å². The Hall–Kier alpha value is -5.77. The van der Waals surface area contributed by atoms with Crippen molar-refractivity contribution in [3.05, 3.63) is 72.6 Å². The molecule has 0 unspecified atom stereocenters. The largest absolute Gasteiger partial charge is 0.494 e. The second-order valence-electron chi connectivity index (χ2n) is 12.6. The van der Waals surface area contributed by atoms with E-state index in [4.69, 9.17) is 19.2 Å². The highest BCUT2D eigenvalue weighted by Gasteiger charge is 2.42. The summed E-state index contributed by atoms with van der Waals surface area (Å²) in [5.74, 6) is 0.364. The van der Waals surface area contributed by atoms with Crippen molar-refractivity contribution in [2.75, 3.05) is 38.8 Å². The number of rotatable bonds is 5. The van der Waals surface area contributed by atoms with Gasteiger partial charge in [-0.05, 0) is 38.1 Å². The van der Waals surface area contributed by atoms with Crippen molar-refractivity contribution in [2.45, 2.75) is 45.1 Å². The van der Waals surface area contributed by atoms with Gasteiger partial charge in [0.2, 0.25) is 5.91 Å². The van der Waals surface area contributed by atoms with Crippen molar-refractivity contribution in [3.8, 4) is 28.7 Å². The number of fused-ring (bicyclic) bond motifs is 6. The van der Waals surface area contributed by atoms with Gasteiger partial charge in [-0.2, -0.15) is 10.1 Å². The van der Waals surface area contributed by atoms with Gasteiger partial charge in [0, 0.05) is 50.5 Å². The average Bonchev–Trinajstić information content (AvgIpc) is 3.82. The molecule has 262 valence electrons. The van der Waals surface area contributed by atoms with Gasteiger partial charge in [-0.25, -0.2) is 33.4 Å². The molecule has 1 saturated heterocycles. The van der Waals surface area contributed by atoms with Gasteiger partial charge in [0.15, 0.2) is 5.65 Å². The highest BCUT2D eigenvalue weighted by atomic mass is 19.1. The van der Waals surface area contributed by atoms with Crippen LogP contribution in [0.5, 0.6) is 11.8 Å². The van der Waals surface area contributed by atoms with Crippen LogP contribution in [-0.4, -0.2) is 102 Å². The number of likely N-dealkylation sites (N-methyl/N-ethyl adjacent to an activating group) is 1. The summed E-state index contributed by atoms with van der Waals surface area (Å²) in [7, 11) is 3.20. The van der Waals surface area contributed by atoms with E-state index in [-0.39, 0.29) is 30.8 Å². The third kappa shape index (κ3) is 5.74. The number of carbonyl (C=O) groups is 1. The van der Waals surface area contributed by atoms with Gasteiger partial charge in [-0.15, -0.1) is 0 Å². The van der Waals surface area contributed by atoms with Gasteiger partial charge < -0.3 is 28.6 Å². The van der Waals surface area contributed by atoms with Crippen molar-refractivity contribution in [1.29, 1.82) is 0 Å². The first-order valence-electron chi connectivity index (χ1n) is 16.5. The van der Waals surface area contributed by atoms with Crippen LogP contribution in [0.25, 0.3) is 39.0 Å². The number of imidazole rings is 1. The van der Waals surface area contributed by atoms with Crippen molar-refractivity contribution in [3.63, 3.8) is 0 Å². The third-order valence-corrected chi connectivity index (χ3v) is 9.36. The summed E-state index contributed by atoms with van der Waals surface area (Å²) in [4.78, 5) is 40.9. The molecule has 0 radical (unpaired) electrons. The summed E-state index contributed by atoms with van der Waals surface area (Å²) in [5, 5.41) is 5.13. The normalized spacial score (nSPS) is 19.3. The summed E-state index contributed by atoms with van der Waals surface area (Å²) in [6.07, 6.45) is 3.95. The molecule has 3 atom stereocenters. The molecular formula is C35H34F2N10O4. The zero-order chi connectivity index (χ0) is 35.4. The number of aromatic nitrogens is 8. The van der Waals surface area contributed by atoms with Crippen LogP contribution in [0.1, 0.15) is 19.2 Å². The van der Waals surface area contributed by atoms with Crippen LogP contribution in [-0.2, 0) is 16.1 Å². The maximum Gasteiger partial charge on any atom is 0.317 e. The number of anilines is 1. The molecule has 2 aliphatic rings. The highest BCUT2D eigenvalue weighted by molar-refractivity contribution is 5.93. The summed E-state index contributed by atoms with van der Waals surface area (Å²) in [5.41, 5.74) is 3.12. The molecular weight excluding hydrogens is 662 g/mol. The first kappa shape index (κ1) is 32.4. The molecule has 51 heavy (non-hydrogen) atoms. The molecule has 14 nitrogen and oxygen atoms in total. The van der Waals surface area contributed by atoms with Gasteiger partial charge in [-0.3, -0.25) is 4.79 Å². The summed E-state index contributed by atoms with van der Waals surface area (Å²) >= 11 is 0. The lowest BCUT2D eigenvalue weighted by atomic mass is 10.1. The Morgan fingerprint density at radius 3 is 2.71 bits per heavy atom. The minimum atomic E-state index is -0.689. The molecule has 16 heteroatoms. The molecule has 0 saturated carbocycles. The molecule has 4 bridgehead atoms. The average molecular weight is 697 g/mol. The molecule has 1 fully saturated rings. The van der Waals surface area contributed by atoms with Crippen LogP contribution in [0.4, 0.5) is 14.6 Å². The predicted octanol–water partition coefficient (Wildman–Crippen LogP) is 4.12. The fourth-order valence-electron chi connectivity index (χ4n) is 7.13. The molecule has 6 heterocycles. The van der Waals surface area contributed by atoms with Crippen LogP contribution in [0.15, 0.2) is 55.1 Å². The molecule has 0 N–H and O–H groups in total. The standard InChI is InChI=1S/C35H34F2N10O4/c1-5-50-23-15-44(3)34(48)29-13-22(51-35-38-9-8-26(43-35)24-10-21(37)11-27-31(24)45(17-23)19(2)42-27)16-46(29)32-25-14-41-47(33(25)40-18-39-32)28-7-6-20(36)12-30(28)49-4/h6-12,14,18,22-23,29H,5,13,15-17H2,1-4H3/t22-,23-,29-/m0/s1. The van der Waals surface area contributed by atoms with Crippen molar-refractivity contribution in [1.82, 2.24) is 44.2 Å². The van der Waals surface area contributed by atoms with E-state index in [1.54, 1.807) is 41.2 Å². The molecule has 2 aromatic carbocycles. The number of hydrogen-bond donors (Lipinski definition) is 0. The molecule has 2 aliphatic heterocycles. The first-order chi connectivity index (χ1) is 24.7. The van der Waals surface area contributed by atoms with Crippen LogP contribution in [0.2, 0.25) is 0 Å². The number of hydrogen-bond acceptors (Lipinski definition) is 11. The van der Waals surface area contributed by atoms with E-state index in [0.29, 0.717) is 70.2 Å². The lowest BCUT2D eigenvalue weighted by Gasteiger charge is -2.31. The predicted molar refractivity (Wildman–Crippen MR) is 182 cm³/mol. The highest BCUT2D eigenvalue weighted by Crippen LogP contribution is 2.35. The first-order valence-corrected chi connectivity index (χ1v) is 16.5. The zero-order valence-corrected chi connectivity index (χ0v) is 28.3. The summed E-state index contributed by atoms with van der Waals surface area (Å²) < 4.78 is 50.6. The van der Waals surface area contributed by atoms with Crippen LogP contribution in [0, 0.1) is 18.6 Å². The number of ether oxygens (including phenoxy) is 3. The number of carbonyl (C=O) groups excluding carboxylic acids is 1. The van der Waals surface area contributed by atoms with Gasteiger partial charge in [-0.1, -0.05) is 0 Å². The maximum absolute atomic E-state index is 15.0. The van der Waals surface area contributed by atoms with Crippen LogP contribution in [0.3, 0.4) is 0 Å². The third-order valence-electron chi connectivity index (χ3n) is 9.36. The Balaban J connectivity index is 1.23. The van der Waals surface area contributed by atoms with Gasteiger partial charge in [0.05, 0.1) is 54.6 Å². The Labute approximate surface area is 290 Å². The smallest absolute Gasteiger partial charge is 0.317 e. The van der Waals surface area contributed by atoms with E-state index in [1.165, 1.54) is 37.7 Å². The minimum Gasteiger partial charge on any atom is -0.494 e. The van der Waals surface area contributed by atoms with E-state index in [1.807, 2.05) is 23.3 Å². The number of methoxy groups -OCH3 is 1. The Kier molecular flexibility index (Phi) is 8.17. The molecule has 1 amide bonds. The molecule has 8 rings (SSSR count). The molecule has 0 aliphatic carbocycles. The number of amides is 1.